The maximum Gasteiger partial charge on any atom is 0.203 e. The highest BCUT2D eigenvalue weighted by Gasteiger charge is 2.14. The van der Waals surface area contributed by atoms with E-state index in [2.05, 4.69) is 5.16 Å². The zero-order valence-corrected chi connectivity index (χ0v) is 12.2. The van der Waals surface area contributed by atoms with Gasteiger partial charge in [-0.15, -0.1) is 0 Å². The van der Waals surface area contributed by atoms with Crippen molar-refractivity contribution >= 4 is 0 Å². The molecule has 0 atom stereocenters. The molecule has 0 aliphatic heterocycles. The Morgan fingerprint density at radius 2 is 1.77 bits per heavy atom. The zero-order chi connectivity index (χ0) is 15.4. The first kappa shape index (κ1) is 14.1. The molecule has 2 heterocycles. The van der Waals surface area contributed by atoms with Crippen LogP contribution in [0.2, 0.25) is 0 Å². The lowest BCUT2D eigenvalue weighted by molar-refractivity contribution is 0.256. The maximum atomic E-state index is 5.76. The van der Waals surface area contributed by atoms with Crippen molar-refractivity contribution in [3.05, 3.63) is 48.4 Å². The summed E-state index contributed by atoms with van der Waals surface area (Å²) >= 11 is 0. The van der Waals surface area contributed by atoms with Crippen LogP contribution in [0.4, 0.5) is 0 Å². The topological polar surface area (TPSA) is 66.9 Å². The van der Waals surface area contributed by atoms with Crippen molar-refractivity contribution in [1.29, 1.82) is 0 Å². The summed E-state index contributed by atoms with van der Waals surface area (Å²) < 4.78 is 26.8. The molecule has 0 saturated heterocycles. The molecule has 6 nitrogen and oxygen atoms in total. The maximum absolute atomic E-state index is 5.76. The van der Waals surface area contributed by atoms with E-state index >= 15 is 0 Å². The molecule has 0 bridgehead atoms. The number of benzene rings is 1. The third-order valence-electron chi connectivity index (χ3n) is 3.07. The Morgan fingerprint density at radius 1 is 1.00 bits per heavy atom. The summed E-state index contributed by atoms with van der Waals surface area (Å²) in [5, 5.41) is 3.96. The van der Waals surface area contributed by atoms with Gasteiger partial charge in [-0.1, -0.05) is 11.2 Å². The lowest BCUT2D eigenvalue weighted by atomic mass is 10.3. The minimum Gasteiger partial charge on any atom is -0.493 e. The largest absolute Gasteiger partial charge is 0.493 e. The molecule has 3 aromatic rings. The monoisotopic (exact) mass is 301 g/mol. The van der Waals surface area contributed by atoms with Crippen LogP contribution in [-0.4, -0.2) is 19.4 Å². The smallest absolute Gasteiger partial charge is 0.203 e. The summed E-state index contributed by atoms with van der Waals surface area (Å²) in [7, 11) is 3.15. The van der Waals surface area contributed by atoms with E-state index in [0.29, 0.717) is 34.5 Å². The number of ether oxygens (including phenoxy) is 3. The summed E-state index contributed by atoms with van der Waals surface area (Å²) in [6, 6.07) is 10.8. The van der Waals surface area contributed by atoms with E-state index in [1.54, 1.807) is 50.8 Å². The molecule has 0 aliphatic rings. The van der Waals surface area contributed by atoms with Gasteiger partial charge in [0.2, 0.25) is 11.5 Å². The molecular weight excluding hydrogens is 286 g/mol. The molecule has 0 spiro atoms. The molecule has 6 heteroatoms. The van der Waals surface area contributed by atoms with Crippen molar-refractivity contribution in [3.63, 3.8) is 0 Å². The number of aromatic nitrogens is 1. The number of rotatable bonds is 6. The molecule has 0 unspecified atom stereocenters. The molecule has 3 rings (SSSR count). The van der Waals surface area contributed by atoms with Crippen LogP contribution in [0.5, 0.6) is 17.2 Å². The Hall–Kier alpha value is -2.89. The van der Waals surface area contributed by atoms with E-state index in [0.717, 1.165) is 0 Å². The fraction of sp³-hybridized carbons (Fsp3) is 0.188. The second-order valence-corrected chi connectivity index (χ2v) is 4.44. The van der Waals surface area contributed by atoms with Gasteiger partial charge in [-0.05, 0) is 24.3 Å². The summed E-state index contributed by atoms with van der Waals surface area (Å²) in [6.07, 6.45) is 1.58. The summed E-state index contributed by atoms with van der Waals surface area (Å²) in [6.45, 7) is 0.223. The van der Waals surface area contributed by atoms with Crippen LogP contribution < -0.4 is 14.2 Å². The van der Waals surface area contributed by atoms with Gasteiger partial charge in [0.15, 0.2) is 17.3 Å². The first-order valence-corrected chi connectivity index (χ1v) is 6.65. The Kier molecular flexibility index (Phi) is 4.00. The Bertz CT molecular complexity index is 711. The highest BCUT2D eigenvalue weighted by molar-refractivity contribution is 5.51. The fourth-order valence-corrected chi connectivity index (χ4v) is 2.02. The van der Waals surface area contributed by atoms with Crippen molar-refractivity contribution in [2.75, 3.05) is 14.2 Å². The van der Waals surface area contributed by atoms with Gasteiger partial charge in [-0.2, -0.15) is 0 Å². The van der Waals surface area contributed by atoms with E-state index in [-0.39, 0.29) is 6.61 Å². The van der Waals surface area contributed by atoms with E-state index in [1.165, 1.54) is 0 Å². The average molecular weight is 301 g/mol. The van der Waals surface area contributed by atoms with Gasteiger partial charge >= 0.3 is 0 Å². The third kappa shape index (κ3) is 2.76. The number of nitrogens with zero attached hydrogens (tertiary/aromatic N) is 1. The van der Waals surface area contributed by atoms with Crippen LogP contribution in [0, 0.1) is 0 Å². The van der Waals surface area contributed by atoms with Gasteiger partial charge < -0.3 is 23.2 Å². The van der Waals surface area contributed by atoms with Gasteiger partial charge in [0.1, 0.15) is 12.3 Å². The van der Waals surface area contributed by atoms with E-state index in [9.17, 15) is 0 Å². The standard InChI is InChI=1S/C16H15NO5/c1-18-13-5-3-6-14(19-2)16(13)21-10-11-9-15(22-17-11)12-7-4-8-20-12/h3-9H,10H2,1-2H3. The van der Waals surface area contributed by atoms with Gasteiger partial charge in [0, 0.05) is 6.07 Å². The SMILES string of the molecule is COc1cccc(OC)c1OCc1cc(-c2ccco2)on1. The molecular formula is C16H15NO5. The molecule has 0 radical (unpaired) electrons. The molecule has 114 valence electrons. The van der Waals surface area contributed by atoms with Gasteiger partial charge in [-0.3, -0.25) is 0 Å². The van der Waals surface area contributed by atoms with Crippen LogP contribution in [0.25, 0.3) is 11.5 Å². The Balaban J connectivity index is 1.76. The Morgan fingerprint density at radius 3 is 2.41 bits per heavy atom. The number of methoxy groups -OCH3 is 2. The highest BCUT2D eigenvalue weighted by Crippen LogP contribution is 2.37. The molecule has 0 amide bonds. The predicted molar refractivity (Wildman–Crippen MR) is 78.1 cm³/mol. The molecule has 1 aromatic carbocycles. The van der Waals surface area contributed by atoms with Crippen molar-refractivity contribution in [1.82, 2.24) is 5.16 Å². The van der Waals surface area contributed by atoms with Crippen LogP contribution in [0.1, 0.15) is 5.69 Å². The van der Waals surface area contributed by atoms with Crippen LogP contribution >= 0.6 is 0 Å². The van der Waals surface area contributed by atoms with E-state index < -0.39 is 0 Å². The second-order valence-electron chi connectivity index (χ2n) is 4.44. The first-order chi connectivity index (χ1) is 10.8. The van der Waals surface area contributed by atoms with Crippen LogP contribution in [-0.2, 0) is 6.61 Å². The van der Waals surface area contributed by atoms with Gasteiger partial charge in [0.05, 0.1) is 20.5 Å². The van der Waals surface area contributed by atoms with Crippen molar-refractivity contribution in [3.8, 4) is 28.8 Å². The van der Waals surface area contributed by atoms with Crippen molar-refractivity contribution in [2.24, 2.45) is 0 Å². The molecule has 22 heavy (non-hydrogen) atoms. The summed E-state index contributed by atoms with van der Waals surface area (Å²) in [5.74, 6) is 2.88. The van der Waals surface area contributed by atoms with Crippen LogP contribution in [0.3, 0.4) is 0 Å². The Labute approximate surface area is 127 Å². The van der Waals surface area contributed by atoms with Crippen LogP contribution in [0.15, 0.2) is 51.6 Å². The number of para-hydroxylation sites is 1. The van der Waals surface area contributed by atoms with E-state index in [1.807, 2.05) is 6.07 Å². The summed E-state index contributed by atoms with van der Waals surface area (Å²) in [5.41, 5.74) is 0.638. The lowest BCUT2D eigenvalue weighted by Gasteiger charge is -2.12. The normalized spacial score (nSPS) is 10.5. The fourth-order valence-electron chi connectivity index (χ4n) is 2.02. The summed E-state index contributed by atoms with van der Waals surface area (Å²) in [4.78, 5) is 0. The van der Waals surface area contributed by atoms with Gasteiger partial charge in [-0.25, -0.2) is 0 Å². The van der Waals surface area contributed by atoms with Gasteiger partial charge in [0.25, 0.3) is 0 Å². The molecule has 2 aromatic heterocycles. The number of furan rings is 1. The highest BCUT2D eigenvalue weighted by atomic mass is 16.5. The average Bonchev–Trinajstić information content (AvgIpc) is 3.23. The van der Waals surface area contributed by atoms with Crippen molar-refractivity contribution in [2.45, 2.75) is 6.61 Å². The minimum absolute atomic E-state index is 0.223. The minimum atomic E-state index is 0.223. The first-order valence-electron chi connectivity index (χ1n) is 6.65. The number of hydrogen-bond acceptors (Lipinski definition) is 6. The van der Waals surface area contributed by atoms with E-state index in [4.69, 9.17) is 23.2 Å². The zero-order valence-electron chi connectivity index (χ0n) is 12.2. The molecule has 0 N–H and O–H groups in total. The molecule has 0 saturated carbocycles. The quantitative estimate of drug-likeness (QED) is 0.694. The second kappa shape index (κ2) is 6.26. The molecule has 0 aliphatic carbocycles. The predicted octanol–water partition coefficient (Wildman–Crippen LogP) is 3.53. The lowest BCUT2D eigenvalue weighted by Crippen LogP contribution is -2.00. The third-order valence-corrected chi connectivity index (χ3v) is 3.07. The molecule has 0 fully saturated rings. The number of hydrogen-bond donors (Lipinski definition) is 0. The van der Waals surface area contributed by atoms with Crippen molar-refractivity contribution < 1.29 is 23.2 Å².